The molecule has 0 atom stereocenters. The highest BCUT2D eigenvalue weighted by atomic mass is 16.5. The lowest BCUT2D eigenvalue weighted by Gasteiger charge is -2.21. The summed E-state index contributed by atoms with van der Waals surface area (Å²) >= 11 is 0. The summed E-state index contributed by atoms with van der Waals surface area (Å²) in [5.41, 5.74) is 7.60. The molecule has 9 rings (SSSR count). The first-order valence-electron chi connectivity index (χ1n) is 15.6. The Labute approximate surface area is 261 Å². The first kappa shape index (κ1) is 25.7. The second-order valence-electron chi connectivity index (χ2n) is 11.8. The van der Waals surface area contributed by atoms with Crippen LogP contribution in [0.4, 0.5) is 0 Å². The van der Waals surface area contributed by atoms with Gasteiger partial charge in [0, 0.05) is 28.6 Å². The van der Waals surface area contributed by atoms with Gasteiger partial charge in [0.2, 0.25) is 0 Å². The van der Waals surface area contributed by atoms with Gasteiger partial charge in [0.25, 0.3) is 0 Å². The van der Waals surface area contributed by atoms with Crippen LogP contribution in [0.15, 0.2) is 146 Å². The summed E-state index contributed by atoms with van der Waals surface area (Å²) in [4.78, 5) is 4.62. The molecule has 0 amide bonds. The van der Waals surface area contributed by atoms with Crippen LogP contribution in [-0.2, 0) is 6.42 Å². The van der Waals surface area contributed by atoms with E-state index in [2.05, 4.69) is 145 Å². The lowest BCUT2D eigenvalue weighted by Crippen LogP contribution is -1.98. The molecule has 0 spiro atoms. The van der Waals surface area contributed by atoms with Crippen LogP contribution >= 0.6 is 0 Å². The van der Waals surface area contributed by atoms with Crippen LogP contribution < -0.4 is 4.74 Å². The molecule has 212 valence electrons. The van der Waals surface area contributed by atoms with E-state index in [9.17, 15) is 0 Å². The molecule has 1 aliphatic carbocycles. The average molecular weight is 576 g/mol. The molecule has 45 heavy (non-hydrogen) atoms. The van der Waals surface area contributed by atoms with Crippen molar-refractivity contribution in [3.05, 3.63) is 157 Å². The molecule has 1 heterocycles. The molecule has 1 aromatic heterocycles. The fourth-order valence-electron chi connectivity index (χ4n) is 7.18. The van der Waals surface area contributed by atoms with Crippen LogP contribution in [0.2, 0.25) is 0 Å². The zero-order valence-corrected chi connectivity index (χ0v) is 24.7. The molecule has 0 bridgehead atoms. The minimum atomic E-state index is 0.806. The predicted molar refractivity (Wildman–Crippen MR) is 189 cm³/mol. The second kappa shape index (κ2) is 10.5. The van der Waals surface area contributed by atoms with Crippen LogP contribution in [0.3, 0.4) is 0 Å². The highest BCUT2D eigenvalue weighted by molar-refractivity contribution is 6.20. The van der Waals surface area contributed by atoms with Crippen molar-refractivity contribution in [2.45, 2.75) is 12.8 Å². The van der Waals surface area contributed by atoms with Gasteiger partial charge in [-0.25, -0.2) is 0 Å². The lowest BCUT2D eigenvalue weighted by atomic mass is 9.84. The van der Waals surface area contributed by atoms with Gasteiger partial charge in [-0.05, 0) is 97.4 Å². The van der Waals surface area contributed by atoms with Gasteiger partial charge in [0.05, 0.1) is 0 Å². The normalized spacial score (nSPS) is 12.6. The van der Waals surface area contributed by atoms with Crippen molar-refractivity contribution < 1.29 is 4.74 Å². The Hall–Kier alpha value is -5.73. The smallest absolute Gasteiger partial charge is 0.143 e. The number of aryl methyl sites for hydroxylation is 1. The third-order valence-corrected chi connectivity index (χ3v) is 9.26. The number of ether oxygens (including phenoxy) is 1. The Balaban J connectivity index is 1.22. The lowest BCUT2D eigenvalue weighted by molar-refractivity contribution is 0.494. The Morgan fingerprint density at radius 2 is 1.27 bits per heavy atom. The van der Waals surface area contributed by atoms with Crippen molar-refractivity contribution in [1.29, 1.82) is 0 Å². The van der Waals surface area contributed by atoms with Crippen molar-refractivity contribution in [1.82, 2.24) is 4.98 Å². The summed E-state index contributed by atoms with van der Waals surface area (Å²) in [5, 5.41) is 9.45. The molecular formula is C43H29NO. The maximum atomic E-state index is 6.82. The molecular weight excluding hydrogens is 546 g/mol. The Bertz CT molecular complexity index is 2390. The first-order chi connectivity index (χ1) is 22.3. The highest BCUT2D eigenvalue weighted by Gasteiger charge is 2.21. The minimum Gasteiger partial charge on any atom is -0.456 e. The number of aromatic nitrogens is 1. The zero-order valence-electron chi connectivity index (χ0n) is 24.7. The standard InChI is InChI=1S/C43H29NO/c1-3-13-32-28(10-1)12-9-19-33(32)29-20-22-31(23-21-29)45-43-38-18-8-7-17-37(38)42(41-27-44-25-24-39(41)43)40-26-30-11-2-4-14-34(30)35-15-5-6-16-36(35)40/h1,3-10,12-27H,2,11H2. The monoisotopic (exact) mass is 575 g/mol. The van der Waals surface area contributed by atoms with Crippen LogP contribution in [0.5, 0.6) is 11.5 Å². The predicted octanol–water partition coefficient (Wildman–Crippen LogP) is 11.8. The van der Waals surface area contributed by atoms with E-state index < -0.39 is 0 Å². The van der Waals surface area contributed by atoms with Gasteiger partial charge >= 0.3 is 0 Å². The summed E-state index contributed by atoms with van der Waals surface area (Å²) in [6.45, 7) is 0. The number of pyridine rings is 1. The number of allylic oxidation sites excluding steroid dienone is 1. The summed E-state index contributed by atoms with van der Waals surface area (Å²) in [6, 6.07) is 45.4. The van der Waals surface area contributed by atoms with Crippen molar-refractivity contribution in [2.24, 2.45) is 0 Å². The molecule has 0 unspecified atom stereocenters. The topological polar surface area (TPSA) is 22.1 Å². The van der Waals surface area contributed by atoms with E-state index in [-0.39, 0.29) is 0 Å². The molecule has 0 saturated heterocycles. The van der Waals surface area contributed by atoms with Crippen molar-refractivity contribution in [2.75, 3.05) is 0 Å². The van der Waals surface area contributed by atoms with Gasteiger partial charge in [0.1, 0.15) is 11.5 Å². The Kier molecular flexibility index (Phi) is 5.99. The van der Waals surface area contributed by atoms with Crippen LogP contribution in [0, 0.1) is 0 Å². The van der Waals surface area contributed by atoms with E-state index in [0.717, 1.165) is 45.9 Å². The fourth-order valence-corrected chi connectivity index (χ4v) is 7.18. The van der Waals surface area contributed by atoms with E-state index >= 15 is 0 Å². The third-order valence-electron chi connectivity index (χ3n) is 9.26. The van der Waals surface area contributed by atoms with E-state index in [4.69, 9.17) is 4.74 Å². The van der Waals surface area contributed by atoms with Crippen LogP contribution in [0.25, 0.3) is 71.4 Å². The maximum absolute atomic E-state index is 6.82. The quantitative estimate of drug-likeness (QED) is 0.195. The molecule has 7 aromatic carbocycles. The average Bonchev–Trinajstić information content (AvgIpc) is 3.11. The number of fused-ring (bicyclic) bond motifs is 6. The molecule has 8 aromatic rings. The van der Waals surface area contributed by atoms with Crippen LogP contribution in [-0.4, -0.2) is 4.98 Å². The molecule has 1 aliphatic rings. The highest BCUT2D eigenvalue weighted by Crippen LogP contribution is 2.47. The number of nitrogens with zero attached hydrogens (tertiary/aromatic N) is 1. The molecule has 0 aliphatic heterocycles. The van der Waals surface area contributed by atoms with E-state index in [0.29, 0.717) is 0 Å². The number of hydrogen-bond donors (Lipinski definition) is 0. The SMILES string of the molecule is C1=Cc2c(cc(-c3c4ccccc4c(Oc4ccc(-c5cccc6ccccc56)cc4)c4ccncc34)c3ccccc23)CC1. The van der Waals surface area contributed by atoms with Gasteiger partial charge in [-0.15, -0.1) is 0 Å². The number of hydrogen-bond acceptors (Lipinski definition) is 2. The number of rotatable bonds is 4. The fraction of sp³-hybridized carbons (Fsp3) is 0.0465. The van der Waals surface area contributed by atoms with Crippen LogP contribution in [0.1, 0.15) is 17.5 Å². The Morgan fingerprint density at radius 3 is 2.13 bits per heavy atom. The maximum Gasteiger partial charge on any atom is 0.143 e. The van der Waals surface area contributed by atoms with Gasteiger partial charge in [-0.1, -0.05) is 115 Å². The Morgan fingerprint density at radius 1 is 0.556 bits per heavy atom. The zero-order chi connectivity index (χ0) is 29.7. The summed E-state index contributed by atoms with van der Waals surface area (Å²) in [7, 11) is 0. The molecule has 2 nitrogen and oxygen atoms in total. The third kappa shape index (κ3) is 4.22. The van der Waals surface area contributed by atoms with E-state index in [1.54, 1.807) is 0 Å². The molecule has 2 heteroatoms. The summed E-state index contributed by atoms with van der Waals surface area (Å²) in [6.07, 6.45) is 10.6. The van der Waals surface area contributed by atoms with Crippen molar-refractivity contribution in [3.8, 4) is 33.8 Å². The minimum absolute atomic E-state index is 0.806. The molecule has 0 radical (unpaired) electrons. The first-order valence-corrected chi connectivity index (χ1v) is 15.6. The van der Waals surface area contributed by atoms with Gasteiger partial charge < -0.3 is 4.74 Å². The molecule has 0 N–H and O–H groups in total. The van der Waals surface area contributed by atoms with Gasteiger partial charge in [-0.3, -0.25) is 4.98 Å². The number of benzene rings is 7. The van der Waals surface area contributed by atoms with E-state index in [1.165, 1.54) is 54.9 Å². The van der Waals surface area contributed by atoms with Gasteiger partial charge in [0.15, 0.2) is 0 Å². The summed E-state index contributed by atoms with van der Waals surface area (Å²) in [5.74, 6) is 1.66. The second-order valence-corrected chi connectivity index (χ2v) is 11.8. The molecule has 0 fully saturated rings. The van der Waals surface area contributed by atoms with Crippen molar-refractivity contribution >= 4 is 49.2 Å². The largest absolute Gasteiger partial charge is 0.456 e. The van der Waals surface area contributed by atoms with Crippen molar-refractivity contribution in [3.63, 3.8) is 0 Å². The molecule has 0 saturated carbocycles. The summed E-state index contributed by atoms with van der Waals surface area (Å²) < 4.78 is 6.82. The van der Waals surface area contributed by atoms with Gasteiger partial charge in [-0.2, -0.15) is 0 Å². The van der Waals surface area contributed by atoms with E-state index in [1.807, 2.05) is 12.4 Å².